The SMILES string of the molecule is CN(C)C(=O)N1CCC[C@@]2(CCCC(=O)N2C)C1. The highest BCUT2D eigenvalue weighted by Gasteiger charge is 2.44. The number of likely N-dealkylation sites (tertiary alicyclic amines) is 2. The van der Waals surface area contributed by atoms with E-state index in [0.717, 1.165) is 32.2 Å². The zero-order valence-electron chi connectivity index (χ0n) is 11.6. The van der Waals surface area contributed by atoms with Crippen LogP contribution in [-0.4, -0.2) is 66.4 Å². The minimum absolute atomic E-state index is 0.0560. The van der Waals surface area contributed by atoms with Crippen molar-refractivity contribution < 1.29 is 9.59 Å². The lowest BCUT2D eigenvalue weighted by Crippen LogP contribution is -2.62. The summed E-state index contributed by atoms with van der Waals surface area (Å²) in [6, 6.07) is 0.0560. The van der Waals surface area contributed by atoms with Crippen LogP contribution in [0.1, 0.15) is 32.1 Å². The molecular formula is C13H23N3O2. The summed E-state index contributed by atoms with van der Waals surface area (Å²) in [7, 11) is 5.45. The number of piperidine rings is 2. The summed E-state index contributed by atoms with van der Waals surface area (Å²) >= 11 is 0. The Bertz CT molecular complexity index is 352. The van der Waals surface area contributed by atoms with Gasteiger partial charge >= 0.3 is 6.03 Å². The summed E-state index contributed by atoms with van der Waals surface area (Å²) in [5.74, 6) is 0.223. The van der Waals surface area contributed by atoms with Crippen molar-refractivity contribution in [1.29, 1.82) is 0 Å². The molecule has 2 saturated heterocycles. The molecule has 2 aliphatic rings. The summed E-state index contributed by atoms with van der Waals surface area (Å²) in [5.41, 5.74) is -0.112. The van der Waals surface area contributed by atoms with E-state index in [1.54, 1.807) is 19.0 Å². The number of carbonyl (C=O) groups excluding carboxylic acids is 2. The van der Waals surface area contributed by atoms with E-state index in [1.165, 1.54) is 0 Å². The molecule has 2 heterocycles. The molecule has 0 bridgehead atoms. The van der Waals surface area contributed by atoms with Gasteiger partial charge in [0.15, 0.2) is 0 Å². The molecule has 5 nitrogen and oxygen atoms in total. The smallest absolute Gasteiger partial charge is 0.319 e. The largest absolute Gasteiger partial charge is 0.338 e. The van der Waals surface area contributed by atoms with E-state index in [9.17, 15) is 9.59 Å². The highest BCUT2D eigenvalue weighted by Crippen LogP contribution is 2.35. The molecule has 2 aliphatic heterocycles. The lowest BCUT2D eigenvalue weighted by molar-refractivity contribution is -0.142. The van der Waals surface area contributed by atoms with E-state index >= 15 is 0 Å². The number of carbonyl (C=O) groups is 2. The highest BCUT2D eigenvalue weighted by molar-refractivity contribution is 5.78. The van der Waals surface area contributed by atoms with Crippen LogP contribution >= 0.6 is 0 Å². The fourth-order valence-corrected chi connectivity index (χ4v) is 3.20. The number of rotatable bonds is 0. The third-order valence-electron chi connectivity index (χ3n) is 4.33. The summed E-state index contributed by atoms with van der Waals surface area (Å²) < 4.78 is 0. The van der Waals surface area contributed by atoms with Crippen LogP contribution in [0.3, 0.4) is 0 Å². The molecule has 2 fully saturated rings. The number of amides is 3. The number of hydrogen-bond donors (Lipinski definition) is 0. The molecule has 0 aliphatic carbocycles. The van der Waals surface area contributed by atoms with Gasteiger partial charge in [-0.1, -0.05) is 0 Å². The lowest BCUT2D eigenvalue weighted by Gasteiger charge is -2.50. The molecule has 18 heavy (non-hydrogen) atoms. The molecule has 1 atom stereocenters. The molecule has 0 radical (unpaired) electrons. The Labute approximate surface area is 109 Å². The molecule has 2 rings (SSSR count). The van der Waals surface area contributed by atoms with Crippen LogP contribution in [0.15, 0.2) is 0 Å². The van der Waals surface area contributed by atoms with Crippen molar-refractivity contribution in [2.45, 2.75) is 37.6 Å². The second-order valence-electron chi connectivity index (χ2n) is 5.73. The zero-order valence-corrected chi connectivity index (χ0v) is 11.6. The van der Waals surface area contributed by atoms with Gasteiger partial charge < -0.3 is 14.7 Å². The zero-order chi connectivity index (χ0) is 13.3. The van der Waals surface area contributed by atoms with Gasteiger partial charge in [0.2, 0.25) is 5.91 Å². The molecule has 0 aromatic rings. The van der Waals surface area contributed by atoms with Gasteiger partial charge in [0, 0.05) is 40.7 Å². The summed E-state index contributed by atoms with van der Waals surface area (Å²) in [5, 5.41) is 0. The first-order valence-corrected chi connectivity index (χ1v) is 6.69. The van der Waals surface area contributed by atoms with Crippen molar-refractivity contribution in [3.63, 3.8) is 0 Å². The summed E-state index contributed by atoms with van der Waals surface area (Å²) in [6.07, 6.45) is 4.63. The number of urea groups is 1. The molecule has 0 N–H and O–H groups in total. The van der Waals surface area contributed by atoms with Crippen molar-refractivity contribution in [1.82, 2.24) is 14.7 Å². The molecule has 1 spiro atoms. The van der Waals surface area contributed by atoms with Crippen molar-refractivity contribution >= 4 is 11.9 Å². The quantitative estimate of drug-likeness (QED) is 0.650. The Kier molecular flexibility index (Phi) is 3.50. The monoisotopic (exact) mass is 253 g/mol. The van der Waals surface area contributed by atoms with E-state index in [-0.39, 0.29) is 17.5 Å². The van der Waals surface area contributed by atoms with Gasteiger partial charge in [-0.05, 0) is 25.7 Å². The van der Waals surface area contributed by atoms with Gasteiger partial charge in [-0.3, -0.25) is 4.79 Å². The lowest BCUT2D eigenvalue weighted by atomic mass is 9.80. The van der Waals surface area contributed by atoms with Crippen molar-refractivity contribution in [3.8, 4) is 0 Å². The minimum Gasteiger partial charge on any atom is -0.338 e. The van der Waals surface area contributed by atoms with E-state index in [4.69, 9.17) is 0 Å². The third kappa shape index (κ3) is 2.18. The Balaban J connectivity index is 2.14. The van der Waals surface area contributed by atoms with Crippen molar-refractivity contribution in [3.05, 3.63) is 0 Å². The van der Waals surface area contributed by atoms with Gasteiger partial charge in [0.05, 0.1) is 5.54 Å². The normalized spacial score (nSPS) is 28.7. The Morgan fingerprint density at radius 1 is 1.28 bits per heavy atom. The maximum Gasteiger partial charge on any atom is 0.319 e. The van der Waals surface area contributed by atoms with E-state index in [0.29, 0.717) is 13.0 Å². The maximum atomic E-state index is 12.1. The molecule has 102 valence electrons. The maximum absolute atomic E-state index is 12.1. The topological polar surface area (TPSA) is 43.9 Å². The van der Waals surface area contributed by atoms with Gasteiger partial charge in [-0.15, -0.1) is 0 Å². The summed E-state index contributed by atoms with van der Waals surface area (Å²) in [6.45, 7) is 1.49. The average molecular weight is 253 g/mol. The first-order valence-electron chi connectivity index (χ1n) is 6.69. The number of nitrogens with zero attached hydrogens (tertiary/aromatic N) is 3. The number of hydrogen-bond acceptors (Lipinski definition) is 2. The molecule has 5 heteroatoms. The molecular weight excluding hydrogens is 230 g/mol. The highest BCUT2D eigenvalue weighted by atomic mass is 16.2. The second kappa shape index (κ2) is 4.78. The van der Waals surface area contributed by atoms with Crippen LogP contribution in [-0.2, 0) is 4.79 Å². The Hall–Kier alpha value is -1.26. The van der Waals surface area contributed by atoms with Gasteiger partial charge in [-0.25, -0.2) is 4.79 Å². The van der Waals surface area contributed by atoms with Gasteiger partial charge in [-0.2, -0.15) is 0 Å². The van der Waals surface area contributed by atoms with Gasteiger partial charge in [0.1, 0.15) is 0 Å². The van der Waals surface area contributed by atoms with Gasteiger partial charge in [0.25, 0.3) is 0 Å². The number of likely N-dealkylation sites (N-methyl/N-ethyl adjacent to an activating group) is 1. The molecule has 0 aromatic heterocycles. The average Bonchev–Trinajstić information content (AvgIpc) is 2.35. The van der Waals surface area contributed by atoms with Crippen LogP contribution in [0.2, 0.25) is 0 Å². The fourth-order valence-electron chi connectivity index (χ4n) is 3.20. The summed E-state index contributed by atoms with van der Waals surface area (Å²) in [4.78, 5) is 29.3. The third-order valence-corrected chi connectivity index (χ3v) is 4.33. The molecule has 3 amide bonds. The first-order chi connectivity index (χ1) is 8.46. The van der Waals surface area contributed by atoms with Crippen LogP contribution in [0, 0.1) is 0 Å². The van der Waals surface area contributed by atoms with Crippen LogP contribution in [0.25, 0.3) is 0 Å². The van der Waals surface area contributed by atoms with Crippen LogP contribution in [0.4, 0.5) is 4.79 Å². The van der Waals surface area contributed by atoms with Crippen molar-refractivity contribution in [2.24, 2.45) is 0 Å². The minimum atomic E-state index is -0.112. The van der Waals surface area contributed by atoms with E-state index in [2.05, 4.69) is 0 Å². The second-order valence-corrected chi connectivity index (χ2v) is 5.73. The van der Waals surface area contributed by atoms with E-state index < -0.39 is 0 Å². The van der Waals surface area contributed by atoms with E-state index in [1.807, 2.05) is 16.8 Å². The first kappa shape index (κ1) is 13.2. The predicted octanol–water partition coefficient (Wildman–Crippen LogP) is 1.14. The molecule has 0 unspecified atom stereocenters. The van der Waals surface area contributed by atoms with Crippen LogP contribution < -0.4 is 0 Å². The standard InChI is InChI=1S/C13H23N3O2/c1-14(2)12(18)16-9-5-8-13(10-16)7-4-6-11(17)15(13)3/h4-10H2,1-3H3/t13-/m0/s1. The Morgan fingerprint density at radius 3 is 2.61 bits per heavy atom. The fraction of sp³-hybridized carbons (Fsp3) is 0.846. The molecule has 0 saturated carbocycles. The molecule has 0 aromatic carbocycles. The van der Waals surface area contributed by atoms with Crippen LogP contribution in [0.5, 0.6) is 0 Å². The van der Waals surface area contributed by atoms with Crippen molar-refractivity contribution in [2.75, 3.05) is 34.2 Å². The Morgan fingerprint density at radius 2 is 1.94 bits per heavy atom. The predicted molar refractivity (Wildman–Crippen MR) is 69.2 cm³/mol.